The van der Waals surface area contributed by atoms with E-state index in [0.717, 1.165) is 24.8 Å². The molecule has 1 aliphatic carbocycles. The lowest BCUT2D eigenvalue weighted by Crippen LogP contribution is -2.54. The van der Waals surface area contributed by atoms with Crippen molar-refractivity contribution in [2.24, 2.45) is 0 Å². The highest BCUT2D eigenvalue weighted by Crippen LogP contribution is 2.45. The molecule has 0 spiro atoms. The van der Waals surface area contributed by atoms with Crippen molar-refractivity contribution in [2.75, 3.05) is 26.3 Å². The third kappa shape index (κ3) is 2.26. The lowest BCUT2D eigenvalue weighted by atomic mass is 9.63. The van der Waals surface area contributed by atoms with Gasteiger partial charge >= 0.3 is 0 Å². The lowest BCUT2D eigenvalue weighted by Gasteiger charge is -2.44. The van der Waals surface area contributed by atoms with Gasteiger partial charge in [-0.25, -0.2) is 0 Å². The number of rotatable bonds is 2. The Bertz CT molecular complexity index is 479. The Morgan fingerprint density at radius 3 is 2.58 bits per heavy atom. The van der Waals surface area contributed by atoms with Gasteiger partial charge in [0.1, 0.15) is 0 Å². The van der Waals surface area contributed by atoms with E-state index in [0.29, 0.717) is 31.3 Å². The third-order valence-electron chi connectivity index (χ3n) is 4.29. The third-order valence-corrected chi connectivity index (χ3v) is 4.53. The number of nitrogens with zero attached hydrogens (tertiary/aromatic N) is 1. The summed E-state index contributed by atoms with van der Waals surface area (Å²) < 4.78 is 5.32. The van der Waals surface area contributed by atoms with Gasteiger partial charge in [0.25, 0.3) is 0 Å². The number of halogens is 1. The van der Waals surface area contributed by atoms with Crippen LogP contribution >= 0.6 is 11.6 Å². The summed E-state index contributed by atoms with van der Waals surface area (Å²) in [5.41, 5.74) is 0.741. The molecule has 2 fully saturated rings. The molecule has 0 bridgehead atoms. The van der Waals surface area contributed by atoms with Crippen LogP contribution in [0.1, 0.15) is 24.8 Å². The SMILES string of the molecule is O=C(N1CCOCC1)C1(c2cccc(Cl)c2)CCC1. The molecule has 0 N–H and O–H groups in total. The molecule has 19 heavy (non-hydrogen) atoms. The zero-order valence-corrected chi connectivity index (χ0v) is 11.7. The Kier molecular flexibility index (Phi) is 3.50. The van der Waals surface area contributed by atoms with Crippen molar-refractivity contribution < 1.29 is 9.53 Å². The van der Waals surface area contributed by atoms with E-state index in [1.807, 2.05) is 29.2 Å². The van der Waals surface area contributed by atoms with Crippen LogP contribution in [0, 0.1) is 0 Å². The Labute approximate surface area is 118 Å². The van der Waals surface area contributed by atoms with Crippen LogP contribution < -0.4 is 0 Å². The minimum absolute atomic E-state index is 0.254. The molecule has 3 nitrogen and oxygen atoms in total. The van der Waals surface area contributed by atoms with Crippen LogP contribution in [0.5, 0.6) is 0 Å². The minimum Gasteiger partial charge on any atom is -0.378 e. The summed E-state index contributed by atoms with van der Waals surface area (Å²) in [6, 6.07) is 7.77. The molecular formula is C15H18ClNO2. The molecule has 1 saturated carbocycles. The van der Waals surface area contributed by atoms with Crippen LogP contribution in [0.4, 0.5) is 0 Å². The highest BCUT2D eigenvalue weighted by Gasteiger charge is 2.47. The van der Waals surface area contributed by atoms with E-state index in [1.165, 1.54) is 0 Å². The average molecular weight is 280 g/mol. The molecule has 3 rings (SSSR count). The standard InChI is InChI=1S/C15H18ClNO2/c16-13-4-1-3-12(11-13)15(5-2-6-15)14(18)17-7-9-19-10-8-17/h1,3-4,11H,2,5-10H2. The van der Waals surface area contributed by atoms with E-state index < -0.39 is 0 Å². The summed E-state index contributed by atoms with van der Waals surface area (Å²) in [4.78, 5) is 14.8. The molecule has 102 valence electrons. The monoisotopic (exact) mass is 279 g/mol. The summed E-state index contributed by atoms with van der Waals surface area (Å²) in [7, 11) is 0. The van der Waals surface area contributed by atoms with E-state index in [4.69, 9.17) is 16.3 Å². The van der Waals surface area contributed by atoms with E-state index >= 15 is 0 Å². The van der Waals surface area contributed by atoms with Gasteiger partial charge in [0.15, 0.2) is 0 Å². The van der Waals surface area contributed by atoms with Crippen molar-refractivity contribution in [1.82, 2.24) is 4.90 Å². The van der Waals surface area contributed by atoms with E-state index in [1.54, 1.807) is 0 Å². The zero-order valence-electron chi connectivity index (χ0n) is 10.9. The molecule has 1 aromatic rings. The van der Waals surface area contributed by atoms with Crippen molar-refractivity contribution >= 4 is 17.5 Å². The van der Waals surface area contributed by atoms with Crippen LogP contribution in [-0.4, -0.2) is 37.1 Å². The predicted molar refractivity (Wildman–Crippen MR) is 74.4 cm³/mol. The molecule has 4 heteroatoms. The van der Waals surface area contributed by atoms with Crippen LogP contribution in [0.15, 0.2) is 24.3 Å². The molecule has 0 atom stereocenters. The molecule has 1 amide bonds. The summed E-state index contributed by atoms with van der Waals surface area (Å²) in [6.45, 7) is 2.72. The summed E-state index contributed by atoms with van der Waals surface area (Å²) in [5.74, 6) is 0.254. The van der Waals surface area contributed by atoms with Crippen LogP contribution in [0.25, 0.3) is 0 Å². The maximum Gasteiger partial charge on any atom is 0.233 e. The molecule has 2 aliphatic rings. The summed E-state index contributed by atoms with van der Waals surface area (Å²) >= 11 is 6.08. The lowest BCUT2D eigenvalue weighted by molar-refractivity contribution is -0.145. The van der Waals surface area contributed by atoms with E-state index in [2.05, 4.69) is 0 Å². The first-order valence-corrected chi connectivity index (χ1v) is 7.23. The maximum atomic E-state index is 12.8. The predicted octanol–water partition coefficient (Wildman–Crippen LogP) is 2.62. The van der Waals surface area contributed by atoms with Gasteiger partial charge in [-0.05, 0) is 30.5 Å². The van der Waals surface area contributed by atoms with Crippen molar-refractivity contribution in [1.29, 1.82) is 0 Å². The summed E-state index contributed by atoms with van der Waals surface area (Å²) in [6.07, 6.45) is 2.98. The first kappa shape index (κ1) is 12.9. The Morgan fingerprint density at radius 1 is 1.26 bits per heavy atom. The van der Waals surface area contributed by atoms with Gasteiger partial charge in [0.05, 0.1) is 18.6 Å². The van der Waals surface area contributed by atoms with E-state index in [-0.39, 0.29) is 11.3 Å². The Morgan fingerprint density at radius 2 is 2.00 bits per heavy atom. The van der Waals surface area contributed by atoms with E-state index in [9.17, 15) is 4.79 Å². The van der Waals surface area contributed by atoms with Gasteiger partial charge in [-0.15, -0.1) is 0 Å². The smallest absolute Gasteiger partial charge is 0.233 e. The summed E-state index contributed by atoms with van der Waals surface area (Å²) in [5, 5.41) is 0.707. The Balaban J connectivity index is 1.88. The molecule has 1 aromatic carbocycles. The van der Waals surface area contributed by atoms with Gasteiger partial charge in [-0.2, -0.15) is 0 Å². The first-order valence-electron chi connectivity index (χ1n) is 6.85. The van der Waals surface area contributed by atoms with Gasteiger partial charge < -0.3 is 9.64 Å². The number of hydrogen-bond acceptors (Lipinski definition) is 2. The molecule has 1 heterocycles. The molecular weight excluding hydrogens is 262 g/mol. The second-order valence-corrected chi connectivity index (χ2v) is 5.79. The van der Waals surface area contributed by atoms with Crippen molar-refractivity contribution in [3.05, 3.63) is 34.9 Å². The average Bonchev–Trinajstić information content (AvgIpc) is 2.38. The highest BCUT2D eigenvalue weighted by molar-refractivity contribution is 6.30. The number of hydrogen-bond donors (Lipinski definition) is 0. The fourth-order valence-electron chi connectivity index (χ4n) is 3.01. The minimum atomic E-state index is -0.331. The molecule has 0 radical (unpaired) electrons. The largest absolute Gasteiger partial charge is 0.378 e. The van der Waals surface area contributed by atoms with Gasteiger partial charge in [0.2, 0.25) is 5.91 Å². The molecule has 1 saturated heterocycles. The number of amides is 1. The fraction of sp³-hybridized carbons (Fsp3) is 0.533. The Hall–Kier alpha value is -1.06. The van der Waals surface area contributed by atoms with Gasteiger partial charge in [0, 0.05) is 18.1 Å². The molecule has 1 aliphatic heterocycles. The number of benzene rings is 1. The second-order valence-electron chi connectivity index (χ2n) is 5.35. The second kappa shape index (κ2) is 5.14. The first-order chi connectivity index (χ1) is 9.22. The zero-order chi connectivity index (χ0) is 13.3. The van der Waals surface area contributed by atoms with Crippen LogP contribution in [-0.2, 0) is 14.9 Å². The maximum absolute atomic E-state index is 12.8. The number of carbonyl (C=O) groups is 1. The topological polar surface area (TPSA) is 29.5 Å². The van der Waals surface area contributed by atoms with Gasteiger partial charge in [-0.1, -0.05) is 30.2 Å². The van der Waals surface area contributed by atoms with Gasteiger partial charge in [-0.3, -0.25) is 4.79 Å². The number of morpholine rings is 1. The number of carbonyl (C=O) groups excluding carboxylic acids is 1. The normalized spacial score (nSPS) is 21.8. The van der Waals surface area contributed by atoms with Crippen LogP contribution in [0.2, 0.25) is 5.02 Å². The van der Waals surface area contributed by atoms with Crippen LogP contribution in [0.3, 0.4) is 0 Å². The molecule has 0 aromatic heterocycles. The highest BCUT2D eigenvalue weighted by atomic mass is 35.5. The van der Waals surface area contributed by atoms with Crippen molar-refractivity contribution in [3.8, 4) is 0 Å². The number of ether oxygens (including phenoxy) is 1. The quantitative estimate of drug-likeness (QED) is 0.833. The fourth-order valence-corrected chi connectivity index (χ4v) is 3.20. The van der Waals surface area contributed by atoms with Crippen molar-refractivity contribution in [2.45, 2.75) is 24.7 Å². The van der Waals surface area contributed by atoms with Crippen molar-refractivity contribution in [3.63, 3.8) is 0 Å². The molecule has 0 unspecified atom stereocenters.